The molecule has 6 heteroatoms. The van der Waals surface area contributed by atoms with Gasteiger partial charge in [0.25, 0.3) is 0 Å². The molecule has 1 aliphatic carbocycles. The maximum Gasteiger partial charge on any atom is 0.308 e. The fourth-order valence-corrected chi connectivity index (χ4v) is 3.38. The molecule has 3 N–H and O–H groups in total. The van der Waals surface area contributed by atoms with Crippen LogP contribution in [0.2, 0.25) is 0 Å². The van der Waals surface area contributed by atoms with Gasteiger partial charge in [-0.15, -0.1) is 0 Å². The van der Waals surface area contributed by atoms with Crippen LogP contribution in [0.25, 0.3) is 0 Å². The summed E-state index contributed by atoms with van der Waals surface area (Å²) in [5.41, 5.74) is 1.12. The van der Waals surface area contributed by atoms with Gasteiger partial charge in [-0.2, -0.15) is 0 Å². The monoisotopic (exact) mass is 253 g/mol. The van der Waals surface area contributed by atoms with Crippen LogP contribution >= 0.6 is 12.2 Å². The van der Waals surface area contributed by atoms with E-state index in [1.807, 2.05) is 4.57 Å². The van der Waals surface area contributed by atoms with Gasteiger partial charge in [0.2, 0.25) is 0 Å². The molecular weight excluding hydrogens is 238 g/mol. The van der Waals surface area contributed by atoms with Crippen LogP contribution in [0.1, 0.15) is 31.0 Å². The molecule has 17 heavy (non-hydrogen) atoms. The number of carboxylic acids is 1. The van der Waals surface area contributed by atoms with Gasteiger partial charge in [-0.3, -0.25) is 9.36 Å². The second kappa shape index (κ2) is 3.87. The zero-order valence-corrected chi connectivity index (χ0v) is 10.2. The van der Waals surface area contributed by atoms with Crippen molar-refractivity contribution in [3.8, 4) is 0 Å². The molecule has 5 nitrogen and oxygen atoms in total. The Morgan fingerprint density at radius 1 is 1.47 bits per heavy atom. The highest BCUT2D eigenvalue weighted by atomic mass is 32.1. The third-order valence-corrected chi connectivity index (χ3v) is 4.10. The van der Waals surface area contributed by atoms with Crippen molar-refractivity contribution in [1.29, 1.82) is 0 Å². The number of aliphatic carboxylic acids is 1. The number of hydrogen-bond donors (Lipinski definition) is 3. The van der Waals surface area contributed by atoms with Gasteiger partial charge in [-0.25, -0.2) is 0 Å². The highest BCUT2D eigenvalue weighted by Gasteiger charge is 2.36. The number of aromatic amines is 1. The Bertz CT molecular complexity index is 519. The third kappa shape index (κ3) is 1.58. The second-order valence-electron chi connectivity index (χ2n) is 4.75. The minimum atomic E-state index is -0.706. The van der Waals surface area contributed by atoms with E-state index in [0.717, 1.165) is 43.7 Å². The van der Waals surface area contributed by atoms with E-state index in [1.54, 1.807) is 0 Å². The molecule has 1 fully saturated rings. The predicted molar refractivity (Wildman–Crippen MR) is 65.8 cm³/mol. The number of carbonyl (C=O) groups is 1. The molecule has 0 bridgehead atoms. The van der Waals surface area contributed by atoms with Crippen LogP contribution in [0.3, 0.4) is 0 Å². The van der Waals surface area contributed by atoms with E-state index < -0.39 is 5.97 Å². The lowest BCUT2D eigenvalue weighted by Crippen LogP contribution is -2.22. The topological polar surface area (TPSA) is 70.0 Å². The summed E-state index contributed by atoms with van der Waals surface area (Å²) in [4.78, 5) is 14.4. The van der Waals surface area contributed by atoms with Gasteiger partial charge in [0.05, 0.1) is 17.7 Å². The van der Waals surface area contributed by atoms with Gasteiger partial charge in [-0.05, 0) is 25.1 Å². The molecule has 0 radical (unpaired) electrons. The van der Waals surface area contributed by atoms with Crippen LogP contribution in [0, 0.1) is 10.7 Å². The molecule has 2 atom stereocenters. The molecular formula is C11H15N3O2S. The highest BCUT2D eigenvalue weighted by molar-refractivity contribution is 7.71. The van der Waals surface area contributed by atoms with Gasteiger partial charge in [-0.1, -0.05) is 6.42 Å². The molecule has 0 aromatic carbocycles. The molecule has 0 saturated heterocycles. The molecule has 0 amide bonds. The summed E-state index contributed by atoms with van der Waals surface area (Å²) in [7, 11) is 0. The van der Waals surface area contributed by atoms with E-state index in [-0.39, 0.29) is 12.0 Å². The lowest BCUT2D eigenvalue weighted by atomic mass is 10.0. The molecule has 3 rings (SSSR count). The summed E-state index contributed by atoms with van der Waals surface area (Å²) in [5.74, 6) is -0.000466. The zero-order chi connectivity index (χ0) is 12.0. The quantitative estimate of drug-likeness (QED) is 0.704. The van der Waals surface area contributed by atoms with E-state index in [1.165, 1.54) is 0 Å². The first-order valence-electron chi connectivity index (χ1n) is 5.98. The van der Waals surface area contributed by atoms with Gasteiger partial charge in [0, 0.05) is 13.0 Å². The Morgan fingerprint density at radius 3 is 3.06 bits per heavy atom. The minimum absolute atomic E-state index is 0.00519. The van der Waals surface area contributed by atoms with Gasteiger partial charge in [0.15, 0.2) is 4.77 Å². The standard InChI is InChI=1S/C11H15N3O2S/c15-10(16)6-2-1-3-8(6)14-9-7(4-5-12-9)13-11(14)17/h6,8,12H,1-5H2,(H,13,17)(H,15,16). The number of rotatable bonds is 2. The summed E-state index contributed by atoms with van der Waals surface area (Å²) in [5, 5.41) is 12.5. The maximum atomic E-state index is 11.2. The summed E-state index contributed by atoms with van der Waals surface area (Å²) in [6.07, 6.45) is 3.55. The molecule has 0 spiro atoms. The van der Waals surface area contributed by atoms with Crippen molar-refractivity contribution >= 4 is 24.0 Å². The SMILES string of the molecule is O=C(O)C1CCCC1n1c2c([nH]c1=S)CCN2. The van der Waals surface area contributed by atoms with Crippen molar-refractivity contribution in [2.75, 3.05) is 11.9 Å². The average Bonchev–Trinajstić information content (AvgIpc) is 2.91. The highest BCUT2D eigenvalue weighted by Crippen LogP contribution is 2.39. The van der Waals surface area contributed by atoms with Crippen LogP contribution < -0.4 is 5.32 Å². The number of hydrogen-bond acceptors (Lipinski definition) is 3. The Labute approximate surface area is 104 Å². The number of nitrogens with zero attached hydrogens (tertiary/aromatic N) is 1. The lowest BCUT2D eigenvalue weighted by Gasteiger charge is -2.19. The Kier molecular flexibility index (Phi) is 2.47. The number of imidazole rings is 1. The van der Waals surface area contributed by atoms with Crippen LogP contribution in [-0.2, 0) is 11.2 Å². The molecule has 1 aromatic heterocycles. The van der Waals surface area contributed by atoms with E-state index >= 15 is 0 Å². The van der Waals surface area contributed by atoms with Crippen molar-refractivity contribution in [3.05, 3.63) is 10.5 Å². The van der Waals surface area contributed by atoms with E-state index in [4.69, 9.17) is 12.2 Å². The number of anilines is 1. The molecule has 1 aromatic rings. The van der Waals surface area contributed by atoms with Crippen LogP contribution in [0.5, 0.6) is 0 Å². The first-order chi connectivity index (χ1) is 8.18. The van der Waals surface area contributed by atoms with Crippen molar-refractivity contribution in [2.45, 2.75) is 31.7 Å². The Morgan fingerprint density at radius 2 is 2.29 bits per heavy atom. The molecule has 92 valence electrons. The van der Waals surface area contributed by atoms with Crippen molar-refractivity contribution in [2.24, 2.45) is 5.92 Å². The predicted octanol–water partition coefficient (Wildman–Crippen LogP) is 1.94. The van der Waals surface area contributed by atoms with E-state index in [2.05, 4.69) is 10.3 Å². The van der Waals surface area contributed by atoms with Crippen molar-refractivity contribution in [3.63, 3.8) is 0 Å². The number of aromatic nitrogens is 2. The zero-order valence-electron chi connectivity index (χ0n) is 9.40. The largest absolute Gasteiger partial charge is 0.481 e. The average molecular weight is 253 g/mol. The maximum absolute atomic E-state index is 11.2. The lowest BCUT2D eigenvalue weighted by molar-refractivity contribution is -0.142. The second-order valence-corrected chi connectivity index (χ2v) is 5.13. The Hall–Kier alpha value is -1.30. The van der Waals surface area contributed by atoms with E-state index in [9.17, 15) is 9.90 Å². The fraction of sp³-hybridized carbons (Fsp3) is 0.636. The first-order valence-corrected chi connectivity index (χ1v) is 6.39. The first kappa shape index (κ1) is 10.8. The van der Waals surface area contributed by atoms with Crippen LogP contribution in [0.4, 0.5) is 5.82 Å². The molecule has 1 saturated carbocycles. The van der Waals surface area contributed by atoms with Crippen molar-refractivity contribution < 1.29 is 9.90 Å². The molecule has 1 aliphatic heterocycles. The number of fused-ring (bicyclic) bond motifs is 1. The normalized spacial score (nSPS) is 26.8. The minimum Gasteiger partial charge on any atom is -0.481 e. The van der Waals surface area contributed by atoms with Gasteiger partial charge < -0.3 is 15.4 Å². The smallest absolute Gasteiger partial charge is 0.308 e. The van der Waals surface area contributed by atoms with Gasteiger partial charge >= 0.3 is 5.97 Å². The number of H-pyrrole nitrogens is 1. The third-order valence-electron chi connectivity index (χ3n) is 3.80. The van der Waals surface area contributed by atoms with E-state index in [0.29, 0.717) is 4.77 Å². The molecule has 2 aliphatic rings. The van der Waals surface area contributed by atoms with Crippen LogP contribution in [-0.4, -0.2) is 27.2 Å². The summed E-state index contributed by atoms with van der Waals surface area (Å²) >= 11 is 5.31. The molecule has 2 heterocycles. The van der Waals surface area contributed by atoms with Gasteiger partial charge in [0.1, 0.15) is 5.82 Å². The summed E-state index contributed by atoms with van der Waals surface area (Å²) in [6, 6.07) is 0.00519. The number of carboxylic acid groups (broad SMARTS) is 1. The molecule has 2 unspecified atom stereocenters. The van der Waals surface area contributed by atoms with Crippen molar-refractivity contribution in [1.82, 2.24) is 9.55 Å². The number of nitrogens with one attached hydrogen (secondary N) is 2. The fourth-order valence-electron chi connectivity index (χ4n) is 3.03. The Balaban J connectivity index is 2.04. The summed E-state index contributed by atoms with van der Waals surface area (Å²) in [6.45, 7) is 0.904. The summed E-state index contributed by atoms with van der Waals surface area (Å²) < 4.78 is 2.64. The van der Waals surface area contributed by atoms with Crippen LogP contribution in [0.15, 0.2) is 0 Å².